The average molecular weight is 242 g/mol. The van der Waals surface area contributed by atoms with E-state index in [0.29, 0.717) is 0 Å². The van der Waals surface area contributed by atoms with Gasteiger partial charge in [0, 0.05) is 14.1 Å². The summed E-state index contributed by atoms with van der Waals surface area (Å²) in [5.41, 5.74) is 0.221. The molecule has 16 heavy (non-hydrogen) atoms. The first-order valence-electron chi connectivity index (χ1n) is 4.63. The van der Waals surface area contributed by atoms with E-state index in [1.807, 2.05) is 0 Å². The molecule has 0 saturated carbocycles. The van der Waals surface area contributed by atoms with Crippen LogP contribution in [0, 0.1) is 0 Å². The second-order valence-electron chi connectivity index (χ2n) is 3.18. The predicted molar refractivity (Wildman–Crippen MR) is 60.3 cm³/mol. The molecule has 0 radical (unpaired) electrons. The minimum atomic E-state index is -0.342. The molecule has 0 saturated heterocycles. The molecule has 1 rings (SSSR count). The quantitative estimate of drug-likeness (QED) is 0.787. The summed E-state index contributed by atoms with van der Waals surface area (Å²) in [6.07, 6.45) is 0. The lowest BCUT2D eigenvalue weighted by Gasteiger charge is -2.15. The van der Waals surface area contributed by atoms with E-state index in [4.69, 9.17) is 11.6 Å². The van der Waals surface area contributed by atoms with Crippen molar-refractivity contribution in [3.05, 3.63) is 29.0 Å². The molecule has 0 aliphatic heterocycles. The molecule has 86 valence electrons. The highest BCUT2D eigenvalue weighted by atomic mass is 35.5. The van der Waals surface area contributed by atoms with Crippen LogP contribution in [-0.4, -0.2) is 42.3 Å². The number of hydrogen-bond acceptors (Lipinski definition) is 3. The average Bonchev–Trinajstić information content (AvgIpc) is 2.27. The van der Waals surface area contributed by atoms with Gasteiger partial charge < -0.3 is 10.2 Å². The van der Waals surface area contributed by atoms with Crippen LogP contribution >= 0.6 is 11.6 Å². The van der Waals surface area contributed by atoms with Crippen molar-refractivity contribution in [3.8, 4) is 0 Å². The van der Waals surface area contributed by atoms with Crippen LogP contribution in [0.2, 0.25) is 5.15 Å². The molecule has 1 aromatic rings. The SMILES string of the molecule is CNC(=O)CN(C)C(=O)c1cccc(Cl)n1. The van der Waals surface area contributed by atoms with Gasteiger partial charge in [-0.2, -0.15) is 0 Å². The fraction of sp³-hybridized carbons (Fsp3) is 0.300. The maximum absolute atomic E-state index is 11.8. The van der Waals surface area contributed by atoms with E-state index in [1.165, 1.54) is 19.0 Å². The van der Waals surface area contributed by atoms with E-state index in [9.17, 15) is 9.59 Å². The first kappa shape index (κ1) is 12.4. The van der Waals surface area contributed by atoms with E-state index in [-0.39, 0.29) is 29.2 Å². The molecular weight excluding hydrogens is 230 g/mol. The second kappa shape index (κ2) is 5.46. The number of likely N-dealkylation sites (N-methyl/N-ethyl adjacent to an activating group) is 2. The number of amides is 2. The van der Waals surface area contributed by atoms with Gasteiger partial charge in [-0.15, -0.1) is 0 Å². The van der Waals surface area contributed by atoms with E-state index in [1.54, 1.807) is 18.2 Å². The van der Waals surface area contributed by atoms with Gasteiger partial charge in [0.2, 0.25) is 5.91 Å². The minimum absolute atomic E-state index is 0.0104. The zero-order valence-corrected chi connectivity index (χ0v) is 9.78. The van der Waals surface area contributed by atoms with Gasteiger partial charge in [-0.25, -0.2) is 4.98 Å². The van der Waals surface area contributed by atoms with E-state index in [2.05, 4.69) is 10.3 Å². The Morgan fingerprint density at radius 1 is 1.50 bits per heavy atom. The Morgan fingerprint density at radius 3 is 2.75 bits per heavy atom. The molecule has 1 aromatic heterocycles. The number of pyridine rings is 1. The van der Waals surface area contributed by atoms with Crippen LogP contribution in [-0.2, 0) is 4.79 Å². The zero-order valence-electron chi connectivity index (χ0n) is 9.03. The van der Waals surface area contributed by atoms with Crippen LogP contribution < -0.4 is 5.32 Å². The van der Waals surface area contributed by atoms with Crippen LogP contribution in [0.4, 0.5) is 0 Å². The molecule has 2 amide bonds. The molecule has 6 heteroatoms. The van der Waals surface area contributed by atoms with Crippen molar-refractivity contribution in [2.45, 2.75) is 0 Å². The highest BCUT2D eigenvalue weighted by molar-refractivity contribution is 6.29. The second-order valence-corrected chi connectivity index (χ2v) is 3.57. The van der Waals surface area contributed by atoms with Crippen molar-refractivity contribution in [2.75, 3.05) is 20.6 Å². The number of carbonyl (C=O) groups is 2. The third-order valence-electron chi connectivity index (χ3n) is 1.94. The third kappa shape index (κ3) is 3.20. The van der Waals surface area contributed by atoms with Gasteiger partial charge >= 0.3 is 0 Å². The maximum atomic E-state index is 11.8. The molecule has 5 nitrogen and oxygen atoms in total. The molecule has 0 unspecified atom stereocenters. The maximum Gasteiger partial charge on any atom is 0.272 e. The molecule has 1 heterocycles. The highest BCUT2D eigenvalue weighted by Gasteiger charge is 2.15. The Balaban J connectivity index is 2.74. The summed E-state index contributed by atoms with van der Waals surface area (Å²) in [7, 11) is 3.04. The summed E-state index contributed by atoms with van der Waals surface area (Å²) in [5, 5.41) is 2.68. The monoisotopic (exact) mass is 241 g/mol. The molecule has 0 aliphatic rings. The number of rotatable bonds is 3. The van der Waals surface area contributed by atoms with Crippen molar-refractivity contribution >= 4 is 23.4 Å². The Kier molecular flexibility index (Phi) is 4.25. The van der Waals surface area contributed by atoms with Crippen molar-refractivity contribution in [3.63, 3.8) is 0 Å². The van der Waals surface area contributed by atoms with Crippen molar-refractivity contribution in [1.82, 2.24) is 15.2 Å². The van der Waals surface area contributed by atoms with Gasteiger partial charge in [0.25, 0.3) is 5.91 Å². The summed E-state index contributed by atoms with van der Waals surface area (Å²) >= 11 is 5.67. The standard InChI is InChI=1S/C10H12ClN3O2/c1-12-9(15)6-14(2)10(16)7-4-3-5-8(11)13-7/h3-5H,6H2,1-2H3,(H,12,15). The number of carbonyl (C=O) groups excluding carboxylic acids is 2. The largest absolute Gasteiger partial charge is 0.358 e. The summed E-state index contributed by atoms with van der Waals surface area (Å²) < 4.78 is 0. The van der Waals surface area contributed by atoms with Crippen LogP contribution in [0.15, 0.2) is 18.2 Å². The van der Waals surface area contributed by atoms with Crippen molar-refractivity contribution in [2.24, 2.45) is 0 Å². The molecule has 0 spiro atoms. The third-order valence-corrected chi connectivity index (χ3v) is 2.15. The summed E-state index contributed by atoms with van der Waals surface area (Å²) in [6, 6.07) is 4.77. The fourth-order valence-corrected chi connectivity index (χ4v) is 1.25. The van der Waals surface area contributed by atoms with E-state index >= 15 is 0 Å². The van der Waals surface area contributed by atoms with Crippen LogP contribution in [0.3, 0.4) is 0 Å². The van der Waals surface area contributed by atoms with Crippen LogP contribution in [0.5, 0.6) is 0 Å². The van der Waals surface area contributed by atoms with Gasteiger partial charge in [0.05, 0.1) is 6.54 Å². The Labute approximate surface area is 98.4 Å². The number of nitrogens with zero attached hydrogens (tertiary/aromatic N) is 2. The molecule has 0 aliphatic carbocycles. The summed E-state index contributed by atoms with van der Waals surface area (Å²) in [5.74, 6) is -0.580. The molecule has 0 bridgehead atoms. The molecule has 0 aromatic carbocycles. The normalized spacial score (nSPS) is 9.69. The Morgan fingerprint density at radius 2 is 2.19 bits per heavy atom. The molecule has 0 fully saturated rings. The first-order valence-corrected chi connectivity index (χ1v) is 5.01. The van der Waals surface area contributed by atoms with E-state index in [0.717, 1.165) is 0 Å². The lowest BCUT2D eigenvalue weighted by Crippen LogP contribution is -2.37. The van der Waals surface area contributed by atoms with Gasteiger partial charge in [-0.3, -0.25) is 9.59 Å². The predicted octanol–water partition coefficient (Wildman–Crippen LogP) is 0.553. The Bertz CT molecular complexity index is 409. The van der Waals surface area contributed by atoms with Gasteiger partial charge in [0.15, 0.2) is 0 Å². The van der Waals surface area contributed by atoms with E-state index < -0.39 is 0 Å². The fourth-order valence-electron chi connectivity index (χ4n) is 1.09. The number of hydrogen-bond donors (Lipinski definition) is 1. The van der Waals surface area contributed by atoms with Crippen LogP contribution in [0.1, 0.15) is 10.5 Å². The summed E-state index contributed by atoms with van der Waals surface area (Å²) in [4.78, 5) is 28.0. The first-order chi connectivity index (χ1) is 7.54. The number of aromatic nitrogens is 1. The molecule has 0 atom stereocenters. The lowest BCUT2D eigenvalue weighted by atomic mass is 10.3. The smallest absolute Gasteiger partial charge is 0.272 e. The Hall–Kier alpha value is -1.62. The zero-order chi connectivity index (χ0) is 12.1. The van der Waals surface area contributed by atoms with Crippen molar-refractivity contribution < 1.29 is 9.59 Å². The highest BCUT2D eigenvalue weighted by Crippen LogP contribution is 2.06. The number of nitrogens with one attached hydrogen (secondary N) is 1. The minimum Gasteiger partial charge on any atom is -0.358 e. The topological polar surface area (TPSA) is 62.3 Å². The lowest BCUT2D eigenvalue weighted by molar-refractivity contribution is -0.121. The van der Waals surface area contributed by atoms with Crippen molar-refractivity contribution in [1.29, 1.82) is 0 Å². The number of halogens is 1. The van der Waals surface area contributed by atoms with Gasteiger partial charge in [-0.1, -0.05) is 17.7 Å². The molecule has 1 N–H and O–H groups in total. The van der Waals surface area contributed by atoms with Gasteiger partial charge in [-0.05, 0) is 12.1 Å². The summed E-state index contributed by atoms with van der Waals surface area (Å²) in [6.45, 7) is -0.0104. The van der Waals surface area contributed by atoms with Gasteiger partial charge in [0.1, 0.15) is 10.8 Å². The molecular formula is C10H12ClN3O2. The van der Waals surface area contributed by atoms with Crippen LogP contribution in [0.25, 0.3) is 0 Å².